The second kappa shape index (κ2) is 5.47. The fraction of sp³-hybridized carbons (Fsp3) is 0.500. The van der Waals surface area contributed by atoms with E-state index in [9.17, 15) is 14.0 Å². The summed E-state index contributed by atoms with van der Waals surface area (Å²) < 4.78 is 12.9. The number of amides is 2. The van der Waals surface area contributed by atoms with Crippen molar-refractivity contribution in [2.75, 3.05) is 18.1 Å². The van der Waals surface area contributed by atoms with E-state index < -0.39 is 12.2 Å². The molecule has 1 N–H and O–H groups in total. The number of nitrogens with zero attached hydrogens (tertiary/aromatic N) is 1. The van der Waals surface area contributed by atoms with E-state index in [1.807, 2.05) is 0 Å². The van der Waals surface area contributed by atoms with Crippen LogP contribution >= 0.6 is 0 Å². The van der Waals surface area contributed by atoms with Crippen LogP contribution in [-0.4, -0.2) is 30.6 Å². The van der Waals surface area contributed by atoms with E-state index in [1.54, 1.807) is 24.3 Å². The highest BCUT2D eigenvalue weighted by molar-refractivity contribution is 6.12. The van der Waals surface area contributed by atoms with Gasteiger partial charge in [-0.15, -0.1) is 0 Å². The normalized spacial score (nSPS) is 20.9. The van der Waals surface area contributed by atoms with Crippen LogP contribution in [0.15, 0.2) is 24.3 Å². The molecule has 2 aliphatic rings. The molecule has 0 bridgehead atoms. The van der Waals surface area contributed by atoms with Gasteiger partial charge in [0.15, 0.2) is 0 Å². The zero-order valence-corrected chi connectivity index (χ0v) is 11.9. The Bertz CT molecular complexity index is 567. The van der Waals surface area contributed by atoms with Crippen LogP contribution in [0.25, 0.3) is 0 Å². The molecule has 3 rings (SSSR count). The van der Waals surface area contributed by atoms with Gasteiger partial charge in [0.05, 0.1) is 17.8 Å². The average Bonchev–Trinajstić information content (AvgIpc) is 2.59. The minimum Gasteiger partial charge on any atom is -0.338 e. The Labute approximate surface area is 123 Å². The minimum absolute atomic E-state index is 0.00738. The van der Waals surface area contributed by atoms with Crippen molar-refractivity contribution in [3.63, 3.8) is 0 Å². The summed E-state index contributed by atoms with van der Waals surface area (Å²) in [7, 11) is 0. The third-order valence-corrected chi connectivity index (χ3v) is 4.46. The minimum atomic E-state index is -0.858. The summed E-state index contributed by atoms with van der Waals surface area (Å²) in [5.74, 6) is -0.402. The lowest BCUT2D eigenvalue weighted by Gasteiger charge is -2.38. The topological polar surface area (TPSA) is 49.4 Å². The maximum absolute atomic E-state index is 13.0. The lowest BCUT2D eigenvalue weighted by atomic mass is 9.80. The smallest absolute Gasteiger partial charge is 0.254 e. The summed E-state index contributed by atoms with van der Waals surface area (Å²) in [5.41, 5.74) is 0.102. The van der Waals surface area contributed by atoms with Gasteiger partial charge in [0.25, 0.3) is 11.8 Å². The summed E-state index contributed by atoms with van der Waals surface area (Å²) in [6, 6.07) is 6.92. The lowest BCUT2D eigenvalue weighted by molar-refractivity contribution is -0.125. The van der Waals surface area contributed by atoms with Gasteiger partial charge in [-0.2, -0.15) is 0 Å². The number of anilines is 1. The van der Waals surface area contributed by atoms with Crippen molar-refractivity contribution in [2.45, 2.75) is 37.6 Å². The largest absolute Gasteiger partial charge is 0.338 e. The quantitative estimate of drug-likeness (QED) is 0.909. The summed E-state index contributed by atoms with van der Waals surface area (Å²) in [4.78, 5) is 26.9. The number of hydrogen-bond donors (Lipinski definition) is 1. The van der Waals surface area contributed by atoms with E-state index >= 15 is 0 Å². The molecule has 1 saturated carbocycles. The van der Waals surface area contributed by atoms with E-state index in [0.717, 1.165) is 19.3 Å². The van der Waals surface area contributed by atoms with Crippen LogP contribution in [0, 0.1) is 0 Å². The van der Waals surface area contributed by atoms with Crippen molar-refractivity contribution in [1.82, 2.24) is 5.32 Å². The molecule has 1 fully saturated rings. The Morgan fingerprint density at radius 1 is 1.14 bits per heavy atom. The summed E-state index contributed by atoms with van der Waals surface area (Å²) in [6.07, 6.45) is 4.15. The Balaban J connectivity index is 2.08. The van der Waals surface area contributed by atoms with Crippen LogP contribution in [0.2, 0.25) is 0 Å². The van der Waals surface area contributed by atoms with Gasteiger partial charge in [0.2, 0.25) is 0 Å². The first kappa shape index (κ1) is 14.0. The van der Waals surface area contributed by atoms with Crippen molar-refractivity contribution < 1.29 is 14.0 Å². The second-order valence-electron chi connectivity index (χ2n) is 5.76. The van der Waals surface area contributed by atoms with Gasteiger partial charge in [-0.25, -0.2) is 4.39 Å². The predicted octanol–water partition coefficient (Wildman–Crippen LogP) is 2.44. The first-order chi connectivity index (χ1) is 10.2. The molecule has 4 nitrogen and oxygen atoms in total. The Morgan fingerprint density at radius 2 is 1.86 bits per heavy atom. The van der Waals surface area contributed by atoms with Gasteiger partial charge in [0.1, 0.15) is 12.2 Å². The molecule has 1 spiro atoms. The summed E-state index contributed by atoms with van der Waals surface area (Å²) >= 11 is 0. The maximum Gasteiger partial charge on any atom is 0.254 e. The molecule has 5 heteroatoms. The average molecular weight is 290 g/mol. The molecule has 1 aromatic rings. The van der Waals surface area contributed by atoms with E-state index in [0.29, 0.717) is 24.1 Å². The predicted molar refractivity (Wildman–Crippen MR) is 78.1 cm³/mol. The van der Waals surface area contributed by atoms with Crippen molar-refractivity contribution in [3.05, 3.63) is 29.8 Å². The number of para-hydroxylation sites is 1. The number of nitrogens with one attached hydrogen (secondary N) is 1. The maximum atomic E-state index is 13.0. The van der Waals surface area contributed by atoms with Crippen LogP contribution in [0.3, 0.4) is 0 Å². The van der Waals surface area contributed by atoms with Gasteiger partial charge in [-0.05, 0) is 25.0 Å². The van der Waals surface area contributed by atoms with Gasteiger partial charge in [-0.1, -0.05) is 31.4 Å². The molecule has 1 aliphatic heterocycles. The molecule has 1 aromatic carbocycles. The molecule has 1 heterocycles. The number of benzene rings is 1. The van der Waals surface area contributed by atoms with Crippen molar-refractivity contribution in [1.29, 1.82) is 0 Å². The van der Waals surface area contributed by atoms with Crippen LogP contribution in [0.5, 0.6) is 0 Å². The van der Waals surface area contributed by atoms with Gasteiger partial charge in [0, 0.05) is 0 Å². The third kappa shape index (κ3) is 2.30. The monoisotopic (exact) mass is 290 g/mol. The highest BCUT2D eigenvalue weighted by atomic mass is 19.1. The standard InChI is InChI=1S/C16H19FN2O2/c17-10-11-19-13-7-3-2-6-12(13)14(20)18-16(15(19)21)8-4-1-5-9-16/h2-3,6-7H,1,4-5,8-11H2,(H,18,20). The Hall–Kier alpha value is -1.91. The highest BCUT2D eigenvalue weighted by Gasteiger charge is 2.46. The highest BCUT2D eigenvalue weighted by Crippen LogP contribution is 2.35. The van der Waals surface area contributed by atoms with Crippen molar-refractivity contribution >= 4 is 17.5 Å². The van der Waals surface area contributed by atoms with E-state index in [2.05, 4.69) is 5.32 Å². The number of rotatable bonds is 2. The molecular formula is C16H19FN2O2. The van der Waals surface area contributed by atoms with E-state index in [4.69, 9.17) is 0 Å². The molecular weight excluding hydrogens is 271 g/mol. The number of alkyl halides is 1. The summed E-state index contributed by atoms with van der Waals surface area (Å²) in [5, 5.41) is 2.94. The number of hydrogen-bond acceptors (Lipinski definition) is 2. The molecule has 112 valence electrons. The van der Waals surface area contributed by atoms with Crippen LogP contribution in [-0.2, 0) is 4.79 Å². The molecule has 0 unspecified atom stereocenters. The number of halogens is 1. The molecule has 0 radical (unpaired) electrons. The lowest BCUT2D eigenvalue weighted by Crippen LogP contribution is -2.59. The first-order valence-corrected chi connectivity index (χ1v) is 7.47. The Morgan fingerprint density at radius 3 is 2.57 bits per heavy atom. The SMILES string of the molecule is O=C1NC2(CCCCC2)C(=O)N(CCF)c2ccccc21. The summed E-state index contributed by atoms with van der Waals surface area (Å²) in [6.45, 7) is -0.628. The van der Waals surface area contributed by atoms with Crippen LogP contribution in [0.1, 0.15) is 42.5 Å². The van der Waals surface area contributed by atoms with Gasteiger partial charge >= 0.3 is 0 Å². The number of carbonyl (C=O) groups is 2. The second-order valence-corrected chi connectivity index (χ2v) is 5.76. The molecule has 0 atom stereocenters. The van der Waals surface area contributed by atoms with Crippen molar-refractivity contribution in [2.24, 2.45) is 0 Å². The molecule has 21 heavy (non-hydrogen) atoms. The number of carbonyl (C=O) groups excluding carboxylic acids is 2. The fourth-order valence-corrected chi connectivity index (χ4v) is 3.41. The number of fused-ring (bicyclic) bond motifs is 1. The molecule has 0 aromatic heterocycles. The zero-order chi connectivity index (χ0) is 14.9. The van der Waals surface area contributed by atoms with E-state index in [1.165, 1.54) is 4.90 Å². The third-order valence-electron chi connectivity index (χ3n) is 4.46. The Kier molecular flexibility index (Phi) is 3.66. The fourth-order valence-electron chi connectivity index (χ4n) is 3.41. The van der Waals surface area contributed by atoms with Crippen LogP contribution in [0.4, 0.5) is 10.1 Å². The molecule has 1 aliphatic carbocycles. The van der Waals surface area contributed by atoms with Gasteiger partial charge < -0.3 is 10.2 Å². The van der Waals surface area contributed by atoms with Crippen LogP contribution < -0.4 is 10.2 Å². The zero-order valence-electron chi connectivity index (χ0n) is 11.9. The first-order valence-electron chi connectivity index (χ1n) is 7.47. The van der Waals surface area contributed by atoms with Gasteiger partial charge in [-0.3, -0.25) is 9.59 Å². The molecule has 2 amide bonds. The molecule has 0 saturated heterocycles. The van der Waals surface area contributed by atoms with Crippen molar-refractivity contribution in [3.8, 4) is 0 Å². The van der Waals surface area contributed by atoms with E-state index in [-0.39, 0.29) is 18.4 Å².